The van der Waals surface area contributed by atoms with Crippen LogP contribution in [0.15, 0.2) is 30.3 Å². The van der Waals surface area contributed by atoms with Gasteiger partial charge >= 0.3 is 0 Å². The summed E-state index contributed by atoms with van der Waals surface area (Å²) in [6.45, 7) is 20.4. The largest absolute Gasteiger partial charge is 0.403 e. The summed E-state index contributed by atoms with van der Waals surface area (Å²) in [6, 6.07) is 9.97. The lowest BCUT2D eigenvalue weighted by atomic mass is 10.0. The molecule has 0 aromatic heterocycles. The molecule has 0 fully saturated rings. The molecule has 0 saturated carbocycles. The van der Waals surface area contributed by atoms with E-state index in [0.29, 0.717) is 0 Å². The molecule has 0 radical (unpaired) electrons. The van der Waals surface area contributed by atoms with E-state index >= 15 is 0 Å². The van der Waals surface area contributed by atoms with Crippen LogP contribution in [0.4, 0.5) is 0 Å². The molecule has 0 spiro atoms. The normalized spacial score (nSPS) is 15.6. The Bertz CT molecular complexity index is 442. The van der Waals surface area contributed by atoms with E-state index < -0.39 is 8.32 Å². The SMILES string of the molecule is [C-]#[N+][C@@H](C)[C@H](O[Si](C)(C)C(C)(C)C)c1ccccc1. The zero-order valence-electron chi connectivity index (χ0n) is 12.9. The highest BCUT2D eigenvalue weighted by Crippen LogP contribution is 2.40. The van der Waals surface area contributed by atoms with Crippen LogP contribution in [-0.4, -0.2) is 14.4 Å². The van der Waals surface area contributed by atoms with Gasteiger partial charge in [0.2, 0.25) is 6.04 Å². The molecule has 2 atom stereocenters. The van der Waals surface area contributed by atoms with Crippen LogP contribution in [0.25, 0.3) is 4.85 Å². The molecule has 0 bridgehead atoms. The van der Waals surface area contributed by atoms with Crippen molar-refractivity contribution in [3.63, 3.8) is 0 Å². The number of hydrogen-bond acceptors (Lipinski definition) is 1. The molecule has 2 nitrogen and oxygen atoms in total. The van der Waals surface area contributed by atoms with E-state index in [4.69, 9.17) is 11.0 Å². The highest BCUT2D eigenvalue weighted by molar-refractivity contribution is 6.74. The summed E-state index contributed by atoms with van der Waals surface area (Å²) in [6.07, 6.45) is -0.125. The Kier molecular flexibility index (Phi) is 4.95. The fourth-order valence-corrected chi connectivity index (χ4v) is 2.97. The van der Waals surface area contributed by atoms with Crippen molar-refractivity contribution in [2.24, 2.45) is 0 Å². The van der Waals surface area contributed by atoms with Crippen LogP contribution < -0.4 is 0 Å². The Morgan fingerprint density at radius 1 is 1.16 bits per heavy atom. The van der Waals surface area contributed by atoms with Gasteiger partial charge in [0.05, 0.1) is 0 Å². The van der Waals surface area contributed by atoms with Crippen LogP contribution in [0.3, 0.4) is 0 Å². The van der Waals surface area contributed by atoms with E-state index in [1.165, 1.54) is 0 Å². The van der Waals surface area contributed by atoms with Crippen molar-refractivity contribution in [2.45, 2.75) is 58.0 Å². The molecule has 0 N–H and O–H groups in total. The summed E-state index contributed by atoms with van der Waals surface area (Å²) in [5, 5.41) is 0.155. The van der Waals surface area contributed by atoms with Crippen molar-refractivity contribution in [1.29, 1.82) is 0 Å². The summed E-state index contributed by atoms with van der Waals surface area (Å²) in [5.74, 6) is 0. The van der Waals surface area contributed by atoms with Gasteiger partial charge in [-0.3, -0.25) is 0 Å². The van der Waals surface area contributed by atoms with Gasteiger partial charge in [-0.05, 0) is 23.7 Å². The molecule has 0 aliphatic rings. The van der Waals surface area contributed by atoms with Gasteiger partial charge in [-0.15, -0.1) is 0 Å². The molecule has 19 heavy (non-hydrogen) atoms. The topological polar surface area (TPSA) is 13.6 Å². The monoisotopic (exact) mass is 275 g/mol. The Labute approximate surface area is 118 Å². The van der Waals surface area contributed by atoms with Crippen LogP contribution in [-0.2, 0) is 4.43 Å². The van der Waals surface area contributed by atoms with Crippen molar-refractivity contribution in [2.75, 3.05) is 0 Å². The first-order valence-electron chi connectivity index (χ1n) is 6.78. The number of hydrogen-bond donors (Lipinski definition) is 0. The molecule has 0 saturated heterocycles. The van der Waals surface area contributed by atoms with E-state index in [1.807, 2.05) is 25.1 Å². The van der Waals surface area contributed by atoms with Crippen LogP contribution in [0.1, 0.15) is 39.4 Å². The molecule has 0 aliphatic heterocycles. The van der Waals surface area contributed by atoms with E-state index in [9.17, 15) is 0 Å². The minimum absolute atomic E-state index is 0.125. The molecule has 1 aromatic rings. The Hall–Kier alpha value is -1.11. The summed E-state index contributed by atoms with van der Waals surface area (Å²) < 4.78 is 6.47. The maximum Gasteiger partial charge on any atom is 0.249 e. The average molecular weight is 275 g/mol. The number of rotatable bonds is 4. The van der Waals surface area contributed by atoms with Crippen molar-refractivity contribution in [1.82, 2.24) is 0 Å². The first-order chi connectivity index (χ1) is 8.69. The quantitative estimate of drug-likeness (QED) is 0.553. The molecule has 104 valence electrons. The van der Waals surface area contributed by atoms with E-state index in [2.05, 4.69) is 50.8 Å². The molecule has 0 heterocycles. The summed E-state index contributed by atoms with van der Waals surface area (Å²) in [5.41, 5.74) is 1.11. The number of benzene rings is 1. The van der Waals surface area contributed by atoms with Gasteiger partial charge in [-0.2, -0.15) is 0 Å². The molecular weight excluding hydrogens is 250 g/mol. The Morgan fingerprint density at radius 3 is 2.11 bits per heavy atom. The molecule has 0 aliphatic carbocycles. The third-order valence-electron chi connectivity index (χ3n) is 4.00. The second kappa shape index (κ2) is 5.90. The second-order valence-corrected chi connectivity index (χ2v) is 11.3. The average Bonchev–Trinajstić information content (AvgIpc) is 2.35. The zero-order valence-corrected chi connectivity index (χ0v) is 13.9. The van der Waals surface area contributed by atoms with Crippen molar-refractivity contribution in [3.8, 4) is 0 Å². The summed E-state index contributed by atoms with van der Waals surface area (Å²) >= 11 is 0. The lowest BCUT2D eigenvalue weighted by Crippen LogP contribution is -2.43. The molecular formula is C16H25NOSi. The standard InChI is InChI=1S/C16H25NOSi/c1-13(17-5)15(14-11-9-8-10-12-14)18-19(6,7)16(2,3)4/h8-13,15H,1-4,6-7H3/t13-,15-/m0/s1. The van der Waals surface area contributed by atoms with Crippen LogP contribution in [0.2, 0.25) is 18.1 Å². The highest BCUT2D eigenvalue weighted by atomic mass is 28.4. The Morgan fingerprint density at radius 2 is 1.68 bits per heavy atom. The predicted octanol–water partition coefficient (Wildman–Crippen LogP) is 5.06. The van der Waals surface area contributed by atoms with Gasteiger partial charge in [0.25, 0.3) is 0 Å². The van der Waals surface area contributed by atoms with E-state index in [0.717, 1.165) is 5.56 Å². The third kappa shape index (κ3) is 3.92. The van der Waals surface area contributed by atoms with E-state index in [1.54, 1.807) is 0 Å². The summed E-state index contributed by atoms with van der Waals surface area (Å²) in [7, 11) is -1.87. The van der Waals surface area contributed by atoms with Crippen LogP contribution in [0.5, 0.6) is 0 Å². The lowest BCUT2D eigenvalue weighted by Gasteiger charge is -2.39. The molecule has 3 heteroatoms. The van der Waals surface area contributed by atoms with Crippen molar-refractivity contribution >= 4 is 8.32 Å². The lowest BCUT2D eigenvalue weighted by molar-refractivity contribution is 0.172. The maximum atomic E-state index is 7.31. The predicted molar refractivity (Wildman–Crippen MR) is 83.5 cm³/mol. The van der Waals surface area contributed by atoms with Gasteiger partial charge < -0.3 is 9.27 Å². The molecule has 1 aromatic carbocycles. The van der Waals surface area contributed by atoms with Crippen LogP contribution >= 0.6 is 0 Å². The summed E-state index contributed by atoms with van der Waals surface area (Å²) in [4.78, 5) is 3.68. The molecule has 0 amide bonds. The van der Waals surface area contributed by atoms with Gasteiger partial charge in [-0.25, -0.2) is 6.57 Å². The highest BCUT2D eigenvalue weighted by Gasteiger charge is 2.41. The molecule has 1 rings (SSSR count). The number of nitrogens with zero attached hydrogens (tertiary/aromatic N) is 1. The third-order valence-corrected chi connectivity index (χ3v) is 8.45. The Balaban J connectivity index is 3.05. The van der Waals surface area contributed by atoms with Crippen molar-refractivity contribution < 1.29 is 4.43 Å². The second-order valence-electron chi connectivity index (χ2n) is 6.58. The van der Waals surface area contributed by atoms with Gasteiger partial charge in [0.15, 0.2) is 8.32 Å². The minimum Gasteiger partial charge on any atom is -0.403 e. The van der Waals surface area contributed by atoms with Crippen molar-refractivity contribution in [3.05, 3.63) is 47.3 Å². The van der Waals surface area contributed by atoms with E-state index in [-0.39, 0.29) is 17.2 Å². The van der Waals surface area contributed by atoms with Gasteiger partial charge in [-0.1, -0.05) is 51.1 Å². The smallest absolute Gasteiger partial charge is 0.249 e. The molecule has 0 unspecified atom stereocenters. The van der Waals surface area contributed by atoms with Gasteiger partial charge in [0, 0.05) is 6.92 Å². The first-order valence-corrected chi connectivity index (χ1v) is 9.69. The minimum atomic E-state index is -1.87. The van der Waals surface area contributed by atoms with Gasteiger partial charge in [0.1, 0.15) is 6.10 Å². The first kappa shape index (κ1) is 15.9. The maximum absolute atomic E-state index is 7.31. The fraction of sp³-hybridized carbons (Fsp3) is 0.562. The van der Waals surface area contributed by atoms with Crippen LogP contribution in [0, 0.1) is 6.57 Å². The zero-order chi connectivity index (χ0) is 14.7. The fourth-order valence-electron chi connectivity index (χ4n) is 1.65.